The van der Waals surface area contributed by atoms with Gasteiger partial charge in [0.15, 0.2) is 0 Å². The van der Waals surface area contributed by atoms with Crippen LogP contribution in [0.4, 0.5) is 0 Å². The lowest BCUT2D eigenvalue weighted by atomic mass is 9.96. The van der Waals surface area contributed by atoms with Crippen molar-refractivity contribution in [1.82, 2.24) is 14.7 Å². The molecule has 2 fully saturated rings. The van der Waals surface area contributed by atoms with Crippen molar-refractivity contribution in [3.63, 3.8) is 0 Å². The summed E-state index contributed by atoms with van der Waals surface area (Å²) in [5.41, 5.74) is 2.96. The molecule has 0 aromatic heterocycles. The van der Waals surface area contributed by atoms with Crippen molar-refractivity contribution in [2.45, 2.75) is 43.4 Å². The Morgan fingerprint density at radius 1 is 1.07 bits per heavy atom. The van der Waals surface area contributed by atoms with E-state index in [0.29, 0.717) is 24.5 Å². The SMILES string of the molecule is O=C(CC1CCCN(S(=O)(=O)c2ccc(Cl)c(Cl)c2)C1)NN1CCCCC1. The average molecular weight is 434 g/mol. The van der Waals surface area contributed by atoms with Crippen LogP contribution in [0, 0.1) is 5.92 Å². The monoisotopic (exact) mass is 433 g/mol. The molecule has 0 spiro atoms. The third kappa shape index (κ3) is 5.35. The van der Waals surface area contributed by atoms with Crippen LogP contribution in [0.2, 0.25) is 10.0 Å². The first-order chi connectivity index (χ1) is 12.9. The molecule has 2 aliphatic rings. The molecule has 0 aliphatic carbocycles. The number of piperidine rings is 2. The molecule has 27 heavy (non-hydrogen) atoms. The topological polar surface area (TPSA) is 69.7 Å². The van der Waals surface area contributed by atoms with E-state index in [-0.39, 0.29) is 21.7 Å². The number of hydrogen-bond acceptors (Lipinski definition) is 4. The van der Waals surface area contributed by atoms with E-state index in [1.807, 2.05) is 5.01 Å². The van der Waals surface area contributed by atoms with Gasteiger partial charge in [0.05, 0.1) is 14.9 Å². The van der Waals surface area contributed by atoms with Crippen LogP contribution in [0.15, 0.2) is 23.1 Å². The fourth-order valence-electron chi connectivity index (χ4n) is 3.69. The minimum atomic E-state index is -3.65. The Labute approximate surface area is 170 Å². The molecule has 1 N–H and O–H groups in total. The number of carbonyl (C=O) groups is 1. The summed E-state index contributed by atoms with van der Waals surface area (Å²) >= 11 is 11.9. The first kappa shape index (κ1) is 20.9. The summed E-state index contributed by atoms with van der Waals surface area (Å²) in [5, 5.41) is 2.51. The Balaban J connectivity index is 1.61. The zero-order valence-corrected chi connectivity index (χ0v) is 17.5. The van der Waals surface area contributed by atoms with Gasteiger partial charge in [-0.25, -0.2) is 13.4 Å². The summed E-state index contributed by atoms with van der Waals surface area (Å²) in [6, 6.07) is 4.34. The molecule has 1 atom stereocenters. The lowest BCUT2D eigenvalue weighted by Crippen LogP contribution is -2.47. The van der Waals surface area contributed by atoms with Crippen molar-refractivity contribution in [3.8, 4) is 0 Å². The number of halogens is 2. The van der Waals surface area contributed by atoms with E-state index >= 15 is 0 Å². The number of carbonyl (C=O) groups excluding carboxylic acids is 1. The highest BCUT2D eigenvalue weighted by molar-refractivity contribution is 7.89. The van der Waals surface area contributed by atoms with Gasteiger partial charge < -0.3 is 0 Å². The fraction of sp³-hybridized carbons (Fsp3) is 0.611. The van der Waals surface area contributed by atoms with Crippen molar-refractivity contribution in [2.75, 3.05) is 26.2 Å². The number of hydrazine groups is 1. The molecule has 0 radical (unpaired) electrons. The quantitative estimate of drug-likeness (QED) is 0.772. The second-order valence-corrected chi connectivity index (χ2v) is 9.99. The second kappa shape index (κ2) is 9.09. The van der Waals surface area contributed by atoms with Gasteiger partial charge in [-0.3, -0.25) is 10.2 Å². The van der Waals surface area contributed by atoms with Gasteiger partial charge >= 0.3 is 0 Å². The first-order valence-electron chi connectivity index (χ1n) is 9.36. The molecule has 150 valence electrons. The molecule has 6 nitrogen and oxygen atoms in total. The molecule has 1 unspecified atom stereocenters. The zero-order valence-electron chi connectivity index (χ0n) is 15.2. The lowest BCUT2D eigenvalue weighted by Gasteiger charge is -2.32. The second-order valence-electron chi connectivity index (χ2n) is 7.23. The van der Waals surface area contributed by atoms with Crippen molar-refractivity contribution in [3.05, 3.63) is 28.2 Å². The van der Waals surface area contributed by atoms with Gasteiger partial charge in [-0.2, -0.15) is 4.31 Å². The van der Waals surface area contributed by atoms with Crippen molar-refractivity contribution in [2.24, 2.45) is 5.92 Å². The number of sulfonamides is 1. The van der Waals surface area contributed by atoms with E-state index in [1.54, 1.807) is 0 Å². The van der Waals surface area contributed by atoms with Crippen LogP contribution in [0.3, 0.4) is 0 Å². The van der Waals surface area contributed by atoms with Gasteiger partial charge in [0.2, 0.25) is 15.9 Å². The third-order valence-electron chi connectivity index (χ3n) is 5.12. The average Bonchev–Trinajstić information content (AvgIpc) is 2.65. The minimum absolute atomic E-state index is 0.0149. The van der Waals surface area contributed by atoms with Crippen molar-refractivity contribution >= 4 is 39.1 Å². The molecular formula is C18H25Cl2N3O3S. The number of nitrogens with one attached hydrogen (secondary N) is 1. The predicted molar refractivity (Wildman–Crippen MR) is 106 cm³/mol. The van der Waals surface area contributed by atoms with Crippen LogP contribution in [0.1, 0.15) is 38.5 Å². The molecule has 2 aliphatic heterocycles. The normalized spacial score (nSPS) is 22.5. The molecule has 3 rings (SSSR count). The Kier molecular flexibility index (Phi) is 7.03. The summed E-state index contributed by atoms with van der Waals surface area (Å²) in [4.78, 5) is 12.5. The Hall–Kier alpha value is -0.860. The standard InChI is InChI=1S/C18H25Cl2N3O3S/c19-16-7-6-15(12-17(16)20)27(25,26)23-10-4-5-14(13-23)11-18(24)21-22-8-2-1-3-9-22/h6-7,12,14H,1-5,8-11,13H2,(H,21,24). The van der Waals surface area contributed by atoms with E-state index in [1.165, 1.54) is 28.9 Å². The first-order valence-corrected chi connectivity index (χ1v) is 11.6. The molecular weight excluding hydrogens is 409 g/mol. The van der Waals surface area contributed by atoms with E-state index in [2.05, 4.69) is 5.43 Å². The largest absolute Gasteiger partial charge is 0.289 e. The minimum Gasteiger partial charge on any atom is -0.289 e. The Morgan fingerprint density at radius 2 is 1.81 bits per heavy atom. The van der Waals surface area contributed by atoms with E-state index in [4.69, 9.17) is 23.2 Å². The predicted octanol–water partition coefficient (Wildman–Crippen LogP) is 3.30. The molecule has 1 aromatic carbocycles. The molecule has 0 saturated carbocycles. The van der Waals surface area contributed by atoms with Crippen LogP contribution in [-0.4, -0.2) is 49.8 Å². The van der Waals surface area contributed by atoms with Gasteiger partial charge in [0, 0.05) is 32.6 Å². The van der Waals surface area contributed by atoms with Crippen LogP contribution in [0.25, 0.3) is 0 Å². The van der Waals surface area contributed by atoms with Crippen LogP contribution in [0.5, 0.6) is 0 Å². The van der Waals surface area contributed by atoms with Crippen LogP contribution < -0.4 is 5.43 Å². The molecule has 2 heterocycles. The summed E-state index contributed by atoms with van der Waals surface area (Å²) in [7, 11) is -3.65. The van der Waals surface area contributed by atoms with Crippen LogP contribution >= 0.6 is 23.2 Å². The lowest BCUT2D eigenvalue weighted by molar-refractivity contribution is -0.127. The molecule has 9 heteroatoms. The third-order valence-corrected chi connectivity index (χ3v) is 7.72. The molecule has 2 saturated heterocycles. The number of hydrogen-bond donors (Lipinski definition) is 1. The zero-order chi connectivity index (χ0) is 19.4. The highest BCUT2D eigenvalue weighted by Crippen LogP contribution is 2.29. The number of rotatable bonds is 5. The van der Waals surface area contributed by atoms with Crippen LogP contribution in [-0.2, 0) is 14.8 Å². The Morgan fingerprint density at radius 3 is 2.52 bits per heavy atom. The van der Waals surface area contributed by atoms with Gasteiger partial charge in [-0.05, 0) is 49.8 Å². The van der Waals surface area contributed by atoms with Gasteiger partial charge in [-0.15, -0.1) is 0 Å². The van der Waals surface area contributed by atoms with Gasteiger partial charge in [0.25, 0.3) is 0 Å². The number of nitrogens with zero attached hydrogens (tertiary/aromatic N) is 2. The number of benzene rings is 1. The summed E-state index contributed by atoms with van der Waals surface area (Å²) < 4.78 is 27.3. The molecule has 1 amide bonds. The highest BCUT2D eigenvalue weighted by Gasteiger charge is 2.31. The molecule has 0 bridgehead atoms. The van der Waals surface area contributed by atoms with E-state index in [9.17, 15) is 13.2 Å². The van der Waals surface area contributed by atoms with Gasteiger partial charge in [0.1, 0.15) is 0 Å². The van der Waals surface area contributed by atoms with Crippen molar-refractivity contribution < 1.29 is 13.2 Å². The Bertz CT molecular complexity index is 782. The number of amides is 1. The molecule has 1 aromatic rings. The van der Waals surface area contributed by atoms with Gasteiger partial charge in [-0.1, -0.05) is 29.6 Å². The summed E-state index contributed by atoms with van der Waals surface area (Å²) in [5.74, 6) is -0.0169. The summed E-state index contributed by atoms with van der Waals surface area (Å²) in [6.07, 6.45) is 5.32. The summed E-state index contributed by atoms with van der Waals surface area (Å²) in [6.45, 7) is 2.56. The van der Waals surface area contributed by atoms with E-state index < -0.39 is 10.0 Å². The van der Waals surface area contributed by atoms with E-state index in [0.717, 1.165) is 38.8 Å². The maximum absolute atomic E-state index is 12.9. The highest BCUT2D eigenvalue weighted by atomic mass is 35.5. The van der Waals surface area contributed by atoms with Crippen molar-refractivity contribution in [1.29, 1.82) is 0 Å². The maximum Gasteiger partial charge on any atom is 0.243 e. The fourth-order valence-corrected chi connectivity index (χ4v) is 5.63. The smallest absolute Gasteiger partial charge is 0.243 e. The maximum atomic E-state index is 12.9.